The molecule has 10 heteroatoms. The highest BCUT2D eigenvalue weighted by molar-refractivity contribution is 5.91. The number of methoxy groups -OCH3 is 1. The molecule has 2 aromatic heterocycles. The Morgan fingerprint density at radius 1 is 1.00 bits per heavy atom. The number of anilines is 2. The molecule has 0 aliphatic carbocycles. The first-order valence-corrected chi connectivity index (χ1v) is 8.99. The third-order valence-corrected chi connectivity index (χ3v) is 4.33. The van der Waals surface area contributed by atoms with Crippen molar-refractivity contribution in [1.29, 1.82) is 0 Å². The molecule has 2 aromatic carbocycles. The van der Waals surface area contributed by atoms with Gasteiger partial charge in [-0.3, -0.25) is 0 Å². The number of alkyl halides is 3. The summed E-state index contributed by atoms with van der Waals surface area (Å²) in [7, 11) is 1.30. The van der Waals surface area contributed by atoms with Gasteiger partial charge in [0.25, 0.3) is 0 Å². The van der Waals surface area contributed by atoms with E-state index in [9.17, 15) is 18.0 Å². The standard InChI is InChI=1S/C21H15F3N4O3/c1-30-19(29)13-2-6-14(7-3-13)26-20-27-16-10-11-25-18(16)17(28-20)12-4-8-15(9-5-12)31-21(22,23)24/h2-11,25H,1H3,(H,26,27,28). The second-order valence-electron chi connectivity index (χ2n) is 6.40. The van der Waals surface area contributed by atoms with Gasteiger partial charge >= 0.3 is 12.3 Å². The highest BCUT2D eigenvalue weighted by atomic mass is 19.4. The third kappa shape index (κ3) is 4.58. The first-order chi connectivity index (χ1) is 14.8. The van der Waals surface area contributed by atoms with Crippen molar-refractivity contribution in [3.05, 3.63) is 66.4 Å². The summed E-state index contributed by atoms with van der Waals surface area (Å²) in [5.41, 5.74) is 3.38. The van der Waals surface area contributed by atoms with Crippen molar-refractivity contribution in [2.75, 3.05) is 12.4 Å². The lowest BCUT2D eigenvalue weighted by molar-refractivity contribution is -0.274. The lowest BCUT2D eigenvalue weighted by Crippen LogP contribution is -2.16. The highest BCUT2D eigenvalue weighted by Gasteiger charge is 2.31. The zero-order chi connectivity index (χ0) is 22.0. The number of benzene rings is 2. The lowest BCUT2D eigenvalue weighted by Gasteiger charge is -2.11. The normalized spacial score (nSPS) is 11.4. The Hall–Kier alpha value is -4.08. The third-order valence-electron chi connectivity index (χ3n) is 4.33. The molecule has 7 nitrogen and oxygen atoms in total. The molecule has 0 fully saturated rings. The van der Waals surface area contributed by atoms with Gasteiger partial charge in [0, 0.05) is 17.4 Å². The van der Waals surface area contributed by atoms with E-state index in [2.05, 4.69) is 29.7 Å². The number of carbonyl (C=O) groups is 1. The average molecular weight is 428 g/mol. The zero-order valence-corrected chi connectivity index (χ0v) is 16.0. The van der Waals surface area contributed by atoms with Crippen LogP contribution in [-0.2, 0) is 4.74 Å². The molecule has 2 heterocycles. The van der Waals surface area contributed by atoms with E-state index in [4.69, 9.17) is 0 Å². The van der Waals surface area contributed by atoms with Crippen LogP contribution < -0.4 is 10.1 Å². The molecule has 0 bridgehead atoms. The number of nitrogens with zero attached hydrogens (tertiary/aromatic N) is 2. The van der Waals surface area contributed by atoms with Crippen LogP contribution in [0.5, 0.6) is 5.75 Å². The second kappa shape index (κ2) is 7.98. The summed E-state index contributed by atoms with van der Waals surface area (Å²) in [6.45, 7) is 0. The summed E-state index contributed by atoms with van der Waals surface area (Å²) < 4.78 is 45.8. The summed E-state index contributed by atoms with van der Waals surface area (Å²) in [5.74, 6) is -0.489. The van der Waals surface area contributed by atoms with Gasteiger partial charge in [0.15, 0.2) is 0 Å². The lowest BCUT2D eigenvalue weighted by atomic mass is 10.1. The van der Waals surface area contributed by atoms with E-state index in [1.807, 2.05) is 0 Å². The number of aromatic amines is 1. The Balaban J connectivity index is 1.64. The molecule has 31 heavy (non-hydrogen) atoms. The molecule has 2 N–H and O–H groups in total. The van der Waals surface area contributed by atoms with E-state index in [-0.39, 0.29) is 11.7 Å². The molecule has 0 aliphatic heterocycles. The average Bonchev–Trinajstić information content (AvgIpc) is 3.21. The van der Waals surface area contributed by atoms with Crippen molar-refractivity contribution in [3.8, 4) is 17.0 Å². The summed E-state index contributed by atoms with van der Waals surface area (Å²) in [6.07, 6.45) is -3.07. The topological polar surface area (TPSA) is 89.1 Å². The van der Waals surface area contributed by atoms with Crippen LogP contribution in [-0.4, -0.2) is 34.4 Å². The van der Waals surface area contributed by atoms with Crippen LogP contribution in [0, 0.1) is 0 Å². The maximum atomic E-state index is 12.4. The molecule has 158 valence electrons. The SMILES string of the molecule is COC(=O)c1ccc(Nc2nc(-c3ccc(OC(F)(F)F)cc3)c3[nH]ccc3n2)cc1. The predicted octanol–water partition coefficient (Wildman–Crippen LogP) is 5.05. The van der Waals surface area contributed by atoms with Crippen LogP contribution in [0.2, 0.25) is 0 Å². The quantitative estimate of drug-likeness (QED) is 0.432. The Morgan fingerprint density at radius 2 is 1.71 bits per heavy atom. The van der Waals surface area contributed by atoms with Gasteiger partial charge in [-0.15, -0.1) is 13.2 Å². The van der Waals surface area contributed by atoms with Crippen molar-refractivity contribution in [3.63, 3.8) is 0 Å². The summed E-state index contributed by atoms with van der Waals surface area (Å²) >= 11 is 0. The Labute approximate surface area is 173 Å². The molecule has 0 atom stereocenters. The first kappa shape index (κ1) is 20.2. The maximum absolute atomic E-state index is 12.4. The molecule has 0 unspecified atom stereocenters. The van der Waals surface area contributed by atoms with Crippen LogP contribution in [0.4, 0.5) is 24.8 Å². The number of aromatic nitrogens is 3. The number of hydrogen-bond donors (Lipinski definition) is 2. The Morgan fingerprint density at radius 3 is 2.35 bits per heavy atom. The smallest absolute Gasteiger partial charge is 0.465 e. The number of fused-ring (bicyclic) bond motifs is 1. The fourth-order valence-electron chi connectivity index (χ4n) is 2.96. The van der Waals surface area contributed by atoms with Gasteiger partial charge in [0.1, 0.15) is 5.75 Å². The van der Waals surface area contributed by atoms with Crippen LogP contribution in [0.1, 0.15) is 10.4 Å². The maximum Gasteiger partial charge on any atom is 0.573 e. The van der Waals surface area contributed by atoms with Gasteiger partial charge in [0.2, 0.25) is 5.95 Å². The van der Waals surface area contributed by atoms with Gasteiger partial charge in [-0.1, -0.05) is 0 Å². The second-order valence-corrected chi connectivity index (χ2v) is 6.40. The molecular weight excluding hydrogens is 413 g/mol. The first-order valence-electron chi connectivity index (χ1n) is 8.99. The number of hydrogen-bond acceptors (Lipinski definition) is 6. The minimum Gasteiger partial charge on any atom is -0.465 e. The number of H-pyrrole nitrogens is 1. The van der Waals surface area contributed by atoms with Gasteiger partial charge in [-0.05, 0) is 54.6 Å². The van der Waals surface area contributed by atoms with Crippen LogP contribution in [0.15, 0.2) is 60.8 Å². The number of nitrogens with one attached hydrogen (secondary N) is 2. The predicted molar refractivity (Wildman–Crippen MR) is 107 cm³/mol. The number of carbonyl (C=O) groups excluding carboxylic acids is 1. The highest BCUT2D eigenvalue weighted by Crippen LogP contribution is 2.30. The van der Waals surface area contributed by atoms with Gasteiger partial charge < -0.3 is 19.8 Å². The van der Waals surface area contributed by atoms with Crippen LogP contribution in [0.3, 0.4) is 0 Å². The number of halogens is 3. The minimum absolute atomic E-state index is 0.281. The molecule has 0 aliphatic rings. The largest absolute Gasteiger partial charge is 0.573 e. The van der Waals surface area contributed by atoms with Crippen molar-refractivity contribution < 1.29 is 27.4 Å². The molecule has 0 saturated carbocycles. The molecule has 4 rings (SSSR count). The van der Waals surface area contributed by atoms with Gasteiger partial charge in [-0.2, -0.15) is 0 Å². The van der Waals surface area contributed by atoms with E-state index < -0.39 is 12.3 Å². The molecule has 0 spiro atoms. The van der Waals surface area contributed by atoms with E-state index in [1.54, 1.807) is 36.5 Å². The summed E-state index contributed by atoms with van der Waals surface area (Å²) in [4.78, 5) is 23.5. The van der Waals surface area contributed by atoms with Gasteiger partial charge in [-0.25, -0.2) is 14.8 Å². The van der Waals surface area contributed by atoms with Crippen LogP contribution in [0.25, 0.3) is 22.3 Å². The van der Waals surface area contributed by atoms with E-state index >= 15 is 0 Å². The number of esters is 1. The number of ether oxygens (including phenoxy) is 2. The van der Waals surface area contributed by atoms with Crippen molar-refractivity contribution in [2.24, 2.45) is 0 Å². The Bertz CT molecular complexity index is 1220. The number of rotatable bonds is 5. The Kier molecular flexibility index (Phi) is 5.20. The van der Waals surface area contributed by atoms with E-state index in [0.29, 0.717) is 33.5 Å². The minimum atomic E-state index is -4.76. The van der Waals surface area contributed by atoms with E-state index in [1.165, 1.54) is 31.4 Å². The molecule has 4 aromatic rings. The van der Waals surface area contributed by atoms with E-state index in [0.717, 1.165) is 0 Å². The molecule has 0 saturated heterocycles. The molecule has 0 amide bonds. The van der Waals surface area contributed by atoms with Gasteiger partial charge in [0.05, 0.1) is 29.4 Å². The van der Waals surface area contributed by atoms with Crippen molar-refractivity contribution >= 4 is 28.6 Å². The monoisotopic (exact) mass is 428 g/mol. The summed E-state index contributed by atoms with van der Waals surface area (Å²) in [6, 6.07) is 13.7. The zero-order valence-electron chi connectivity index (χ0n) is 16.0. The molecule has 0 radical (unpaired) electrons. The van der Waals surface area contributed by atoms with Crippen molar-refractivity contribution in [1.82, 2.24) is 15.0 Å². The fraction of sp³-hybridized carbons (Fsp3) is 0.0952. The van der Waals surface area contributed by atoms with Crippen molar-refractivity contribution in [2.45, 2.75) is 6.36 Å². The molecular formula is C21H15F3N4O3. The fourth-order valence-corrected chi connectivity index (χ4v) is 2.96. The summed E-state index contributed by atoms with van der Waals surface area (Å²) in [5, 5.41) is 3.06. The van der Waals surface area contributed by atoms with Crippen LogP contribution >= 0.6 is 0 Å².